The first kappa shape index (κ1) is 20.4. The number of fused-ring (bicyclic) bond motifs is 1. The first-order valence-electron chi connectivity index (χ1n) is 9.26. The molecular formula is C21H18ClN5O4. The third-order valence-electron chi connectivity index (χ3n) is 4.42. The van der Waals surface area contributed by atoms with Gasteiger partial charge in [-0.1, -0.05) is 23.7 Å². The van der Waals surface area contributed by atoms with Gasteiger partial charge in [0.1, 0.15) is 18.0 Å². The van der Waals surface area contributed by atoms with Gasteiger partial charge in [0.25, 0.3) is 5.88 Å². The fraction of sp³-hybridized carbons (Fsp3) is 0.143. The van der Waals surface area contributed by atoms with Crippen molar-refractivity contribution in [2.24, 2.45) is 0 Å². The van der Waals surface area contributed by atoms with Gasteiger partial charge in [-0.25, -0.2) is 18.9 Å². The van der Waals surface area contributed by atoms with Crippen molar-refractivity contribution < 1.29 is 14.3 Å². The van der Waals surface area contributed by atoms with Crippen molar-refractivity contribution in [2.75, 3.05) is 12.4 Å². The number of halogens is 1. The summed E-state index contributed by atoms with van der Waals surface area (Å²) in [7, 11) is 1.55. The fourth-order valence-corrected chi connectivity index (χ4v) is 3.21. The van der Waals surface area contributed by atoms with Gasteiger partial charge < -0.3 is 14.8 Å². The van der Waals surface area contributed by atoms with Crippen LogP contribution >= 0.6 is 11.6 Å². The zero-order valence-electron chi connectivity index (χ0n) is 16.7. The molecule has 0 unspecified atom stereocenters. The van der Waals surface area contributed by atoms with Crippen LogP contribution in [0.3, 0.4) is 0 Å². The molecule has 2 aromatic carbocycles. The van der Waals surface area contributed by atoms with Gasteiger partial charge in [-0.15, -0.1) is 5.10 Å². The van der Waals surface area contributed by atoms with E-state index < -0.39 is 11.6 Å². The Bertz CT molecular complexity index is 1330. The summed E-state index contributed by atoms with van der Waals surface area (Å²) in [6.07, 6.45) is 2.87. The van der Waals surface area contributed by atoms with E-state index in [-0.39, 0.29) is 18.1 Å². The smallest absolute Gasteiger partial charge is 0.351 e. The largest absolute Gasteiger partial charge is 0.497 e. The van der Waals surface area contributed by atoms with E-state index in [9.17, 15) is 9.59 Å². The van der Waals surface area contributed by atoms with E-state index in [1.165, 1.54) is 16.8 Å². The first-order valence-corrected chi connectivity index (χ1v) is 9.64. The summed E-state index contributed by atoms with van der Waals surface area (Å²) in [5.41, 5.74) is 1.10. The summed E-state index contributed by atoms with van der Waals surface area (Å²) < 4.78 is 13.3. The lowest BCUT2D eigenvalue weighted by molar-refractivity contribution is -0.117. The van der Waals surface area contributed by atoms with E-state index in [2.05, 4.69) is 15.4 Å². The number of hydrogen-bond donors (Lipinski definition) is 1. The highest BCUT2D eigenvalue weighted by Crippen LogP contribution is 2.25. The van der Waals surface area contributed by atoms with Crippen LogP contribution in [0.4, 0.5) is 5.69 Å². The summed E-state index contributed by atoms with van der Waals surface area (Å²) in [5.74, 6) is 0.751. The molecule has 0 aliphatic rings. The Morgan fingerprint density at radius 2 is 2.00 bits per heavy atom. The van der Waals surface area contributed by atoms with Gasteiger partial charge in [0.15, 0.2) is 0 Å². The molecule has 0 spiro atoms. The minimum atomic E-state index is -0.502. The van der Waals surface area contributed by atoms with Gasteiger partial charge in [0.05, 0.1) is 17.8 Å². The number of aryl methyl sites for hydroxylation is 1. The molecule has 0 bridgehead atoms. The van der Waals surface area contributed by atoms with Gasteiger partial charge in [-0.3, -0.25) is 4.79 Å². The van der Waals surface area contributed by atoms with Crippen molar-refractivity contribution >= 4 is 28.8 Å². The van der Waals surface area contributed by atoms with Crippen LogP contribution in [0.15, 0.2) is 59.7 Å². The number of methoxy groups -OCH3 is 1. The minimum absolute atomic E-state index is 0.119. The fourth-order valence-electron chi connectivity index (χ4n) is 2.92. The highest BCUT2D eigenvalue weighted by molar-refractivity contribution is 6.33. The van der Waals surface area contributed by atoms with E-state index in [0.29, 0.717) is 22.2 Å². The Kier molecular flexibility index (Phi) is 5.59. The summed E-state index contributed by atoms with van der Waals surface area (Å²) >= 11 is 6.15. The number of carbonyl (C=O) groups is 1. The van der Waals surface area contributed by atoms with Crippen molar-refractivity contribution in [2.45, 2.75) is 13.5 Å². The van der Waals surface area contributed by atoms with E-state index in [1.54, 1.807) is 43.5 Å². The lowest BCUT2D eigenvalue weighted by atomic mass is 10.2. The Balaban J connectivity index is 1.59. The molecule has 10 heteroatoms. The number of rotatable bonds is 6. The number of hydrogen-bond acceptors (Lipinski definition) is 6. The molecule has 0 atom stereocenters. The van der Waals surface area contributed by atoms with Crippen LogP contribution in [-0.4, -0.2) is 32.2 Å². The maximum atomic E-state index is 12.7. The molecular weight excluding hydrogens is 422 g/mol. The molecule has 4 aromatic rings. The van der Waals surface area contributed by atoms with Crippen molar-refractivity contribution in [3.05, 3.63) is 75.9 Å². The standard InChI is InChI=1S/C21H18ClN5O4/c1-13-6-7-17(16(22)10-13)24-18(28)12-27-21(29)26-9-8-23-20(19(26)25-27)31-15-5-3-4-14(11-15)30-2/h3-11H,12H2,1-2H3,(H,24,28). The van der Waals surface area contributed by atoms with E-state index in [1.807, 2.05) is 13.0 Å². The van der Waals surface area contributed by atoms with E-state index in [0.717, 1.165) is 10.2 Å². The lowest BCUT2D eigenvalue weighted by Crippen LogP contribution is -2.28. The van der Waals surface area contributed by atoms with Crippen LogP contribution in [-0.2, 0) is 11.3 Å². The van der Waals surface area contributed by atoms with Crippen LogP contribution in [0.2, 0.25) is 5.02 Å². The first-order chi connectivity index (χ1) is 14.9. The summed E-state index contributed by atoms with van der Waals surface area (Å²) in [5, 5.41) is 7.32. The van der Waals surface area contributed by atoms with Gasteiger partial charge in [0, 0.05) is 18.5 Å². The molecule has 158 valence electrons. The number of nitrogens with one attached hydrogen (secondary N) is 1. The number of anilines is 1. The maximum absolute atomic E-state index is 12.7. The molecule has 0 saturated heterocycles. The average Bonchev–Trinajstić information content (AvgIpc) is 3.07. The van der Waals surface area contributed by atoms with Crippen LogP contribution in [0.25, 0.3) is 5.65 Å². The normalized spacial score (nSPS) is 10.8. The summed E-state index contributed by atoms with van der Waals surface area (Å²) in [6, 6.07) is 12.2. The van der Waals surface area contributed by atoms with Crippen LogP contribution in [0, 0.1) is 6.92 Å². The molecule has 2 aromatic heterocycles. The van der Waals surface area contributed by atoms with E-state index in [4.69, 9.17) is 21.1 Å². The summed E-state index contributed by atoms with van der Waals surface area (Å²) in [4.78, 5) is 29.3. The molecule has 9 nitrogen and oxygen atoms in total. The number of nitrogens with zero attached hydrogens (tertiary/aromatic N) is 4. The Morgan fingerprint density at radius 3 is 2.77 bits per heavy atom. The Hall–Kier alpha value is -3.85. The van der Waals surface area contributed by atoms with Gasteiger partial charge in [-0.05, 0) is 36.8 Å². The second-order valence-corrected chi connectivity index (χ2v) is 7.09. The maximum Gasteiger partial charge on any atom is 0.351 e. The molecule has 2 heterocycles. The Morgan fingerprint density at radius 1 is 1.19 bits per heavy atom. The molecule has 0 fully saturated rings. The quantitative estimate of drug-likeness (QED) is 0.495. The second-order valence-electron chi connectivity index (χ2n) is 6.68. The lowest BCUT2D eigenvalue weighted by Gasteiger charge is -2.07. The summed E-state index contributed by atoms with van der Waals surface area (Å²) in [6.45, 7) is 1.59. The average molecular weight is 440 g/mol. The molecule has 1 N–H and O–H groups in total. The van der Waals surface area contributed by atoms with Crippen molar-refractivity contribution in [3.8, 4) is 17.4 Å². The minimum Gasteiger partial charge on any atom is -0.497 e. The monoisotopic (exact) mass is 439 g/mol. The molecule has 0 saturated carbocycles. The third kappa shape index (κ3) is 4.36. The predicted octanol–water partition coefficient (Wildman–Crippen LogP) is 3.29. The molecule has 31 heavy (non-hydrogen) atoms. The number of ether oxygens (including phenoxy) is 2. The second kappa shape index (κ2) is 8.49. The SMILES string of the molecule is COc1cccc(Oc2nccn3c(=O)n(CC(=O)Nc4ccc(C)cc4Cl)nc23)c1. The van der Waals surface area contributed by atoms with E-state index >= 15 is 0 Å². The van der Waals surface area contributed by atoms with Gasteiger partial charge in [0.2, 0.25) is 11.6 Å². The van der Waals surface area contributed by atoms with Crippen molar-refractivity contribution in [1.82, 2.24) is 19.2 Å². The predicted molar refractivity (Wildman–Crippen MR) is 115 cm³/mol. The van der Waals surface area contributed by atoms with Crippen LogP contribution < -0.4 is 20.5 Å². The van der Waals surface area contributed by atoms with Crippen molar-refractivity contribution in [3.63, 3.8) is 0 Å². The highest BCUT2D eigenvalue weighted by atomic mass is 35.5. The number of amides is 1. The van der Waals surface area contributed by atoms with Crippen LogP contribution in [0.5, 0.6) is 17.4 Å². The van der Waals surface area contributed by atoms with Gasteiger partial charge >= 0.3 is 5.69 Å². The molecule has 0 radical (unpaired) electrons. The zero-order chi connectivity index (χ0) is 22.0. The Labute approximate surface area is 181 Å². The number of aromatic nitrogens is 4. The highest BCUT2D eigenvalue weighted by Gasteiger charge is 2.16. The molecule has 4 rings (SSSR count). The number of carbonyl (C=O) groups excluding carboxylic acids is 1. The van der Waals surface area contributed by atoms with Crippen molar-refractivity contribution in [1.29, 1.82) is 0 Å². The van der Waals surface area contributed by atoms with Crippen LogP contribution in [0.1, 0.15) is 5.56 Å². The molecule has 0 aliphatic heterocycles. The molecule has 0 aliphatic carbocycles. The number of benzene rings is 2. The molecule has 1 amide bonds. The third-order valence-corrected chi connectivity index (χ3v) is 4.73. The van der Waals surface area contributed by atoms with Gasteiger partial charge in [-0.2, -0.15) is 0 Å². The zero-order valence-corrected chi connectivity index (χ0v) is 17.5. The topological polar surface area (TPSA) is 99.8 Å².